The summed E-state index contributed by atoms with van der Waals surface area (Å²) in [5, 5.41) is 33.6. The third-order valence-corrected chi connectivity index (χ3v) is 4.36. The quantitative estimate of drug-likeness (QED) is 0.270. The van der Waals surface area contributed by atoms with Crippen LogP contribution in [0.25, 0.3) is 0 Å². The van der Waals surface area contributed by atoms with E-state index < -0.39 is 53.7 Å². The molecule has 6 atom stereocenters. The third-order valence-electron chi connectivity index (χ3n) is 4.36. The lowest BCUT2D eigenvalue weighted by Crippen LogP contribution is -2.67. The minimum absolute atomic E-state index is 0.0160. The van der Waals surface area contributed by atoms with E-state index in [1.54, 1.807) is 20.8 Å². The molecule has 0 radical (unpaired) electrons. The lowest BCUT2D eigenvalue weighted by atomic mass is 9.82. The predicted molar refractivity (Wildman–Crippen MR) is 99.3 cm³/mol. The van der Waals surface area contributed by atoms with Crippen molar-refractivity contribution < 1.29 is 39.1 Å². The maximum Gasteiger partial charge on any atom is 0.408 e. The molecule has 28 heavy (non-hydrogen) atoms. The minimum atomic E-state index is -1.64. The topological polar surface area (TPSA) is 161 Å². The number of hydrogen-bond donors (Lipinski definition) is 5. The Balaban J connectivity index is 3.22. The fourth-order valence-corrected chi connectivity index (χ4v) is 3.09. The summed E-state index contributed by atoms with van der Waals surface area (Å²) >= 11 is 0. The highest BCUT2D eigenvalue weighted by atomic mass is 16.6. The van der Waals surface area contributed by atoms with Crippen molar-refractivity contribution in [1.82, 2.24) is 5.32 Å². The Hall–Kier alpha value is -1.72. The number of aliphatic hydroxyl groups is 3. The molecule has 0 aromatic carbocycles. The molecule has 0 saturated carbocycles. The summed E-state index contributed by atoms with van der Waals surface area (Å²) in [6.07, 6.45) is -5.39. The third kappa shape index (κ3) is 5.89. The summed E-state index contributed by atoms with van der Waals surface area (Å²) in [5.41, 5.74) is 2.97. The van der Waals surface area contributed by atoms with Crippen molar-refractivity contribution in [3.63, 3.8) is 0 Å². The van der Waals surface area contributed by atoms with Gasteiger partial charge < -0.3 is 40.6 Å². The highest BCUT2D eigenvalue weighted by Crippen LogP contribution is 2.35. The highest BCUT2D eigenvalue weighted by molar-refractivity contribution is 5.80. The molecule has 1 amide bonds. The molecule has 1 saturated heterocycles. The molecule has 0 bridgehead atoms. The molecule has 1 aliphatic heterocycles. The maximum absolute atomic E-state index is 12.4. The molecule has 0 aromatic heterocycles. The van der Waals surface area contributed by atoms with E-state index >= 15 is 0 Å². The van der Waals surface area contributed by atoms with Crippen molar-refractivity contribution in [2.75, 3.05) is 13.7 Å². The van der Waals surface area contributed by atoms with Crippen LogP contribution in [0.2, 0.25) is 0 Å². The Labute approximate surface area is 164 Å². The molecule has 0 aliphatic carbocycles. The molecular weight excluding hydrogens is 372 g/mol. The highest BCUT2D eigenvalue weighted by Gasteiger charge is 2.54. The van der Waals surface area contributed by atoms with Crippen molar-refractivity contribution in [1.29, 1.82) is 0 Å². The van der Waals surface area contributed by atoms with Crippen LogP contribution in [0, 0.1) is 0 Å². The molecule has 0 unspecified atom stereocenters. The van der Waals surface area contributed by atoms with E-state index in [9.17, 15) is 24.9 Å². The smallest absolute Gasteiger partial charge is 0.408 e. The molecule has 1 fully saturated rings. The first kappa shape index (κ1) is 24.3. The standard InChI is InChI=1S/C18H32N2O8/c1-6-7-18(15(24)26-5)8-10(21)12(20-16(25)28-17(2,3)4)14(27-18)13(23)11(22)9-19/h6,10-14,21-23H,1,7-9,19H2,2-5H3,(H,20,25)/t10-,11+,12+,13+,14+,18+/m0/s1. The second kappa shape index (κ2) is 9.66. The van der Waals surface area contributed by atoms with Crippen molar-refractivity contribution in [2.45, 2.75) is 75.3 Å². The molecule has 162 valence electrons. The molecule has 10 heteroatoms. The summed E-state index contributed by atoms with van der Waals surface area (Å²) in [4.78, 5) is 24.5. The van der Waals surface area contributed by atoms with Gasteiger partial charge in [-0.3, -0.25) is 0 Å². The zero-order chi connectivity index (χ0) is 21.7. The fourth-order valence-electron chi connectivity index (χ4n) is 3.09. The van der Waals surface area contributed by atoms with Crippen LogP contribution >= 0.6 is 0 Å². The van der Waals surface area contributed by atoms with Gasteiger partial charge in [-0.1, -0.05) is 6.08 Å². The van der Waals surface area contributed by atoms with Crippen molar-refractivity contribution in [3.8, 4) is 0 Å². The van der Waals surface area contributed by atoms with Gasteiger partial charge in [-0.25, -0.2) is 9.59 Å². The summed E-state index contributed by atoms with van der Waals surface area (Å²) in [7, 11) is 1.16. The summed E-state index contributed by atoms with van der Waals surface area (Å²) in [6, 6.07) is -1.17. The summed E-state index contributed by atoms with van der Waals surface area (Å²) in [6.45, 7) is 8.27. The number of ether oxygens (including phenoxy) is 3. The van der Waals surface area contributed by atoms with E-state index in [4.69, 9.17) is 19.9 Å². The molecule has 0 aromatic rings. The normalized spacial score (nSPS) is 30.1. The van der Waals surface area contributed by atoms with E-state index in [1.807, 2.05) is 0 Å². The van der Waals surface area contributed by atoms with E-state index in [1.165, 1.54) is 6.08 Å². The van der Waals surface area contributed by atoms with Gasteiger partial charge in [0.1, 0.15) is 17.8 Å². The van der Waals surface area contributed by atoms with E-state index in [2.05, 4.69) is 11.9 Å². The maximum atomic E-state index is 12.4. The second-order valence-corrected chi connectivity index (χ2v) is 7.80. The van der Waals surface area contributed by atoms with Crippen LogP contribution in [-0.2, 0) is 19.0 Å². The van der Waals surface area contributed by atoms with Crippen LogP contribution < -0.4 is 11.1 Å². The van der Waals surface area contributed by atoms with E-state index in [-0.39, 0.29) is 19.4 Å². The van der Waals surface area contributed by atoms with Crippen LogP contribution in [0.3, 0.4) is 0 Å². The zero-order valence-corrected chi connectivity index (χ0v) is 16.8. The number of alkyl carbamates (subject to hydrolysis) is 1. The Morgan fingerprint density at radius 1 is 1.43 bits per heavy atom. The SMILES string of the molecule is C=CC[C@]1(C(=O)OC)C[C@H](O)[C@@H](NC(=O)OC(C)(C)C)[C@H]([C@H](O)[C@H](O)CN)O1. The van der Waals surface area contributed by atoms with E-state index in [0.717, 1.165) is 7.11 Å². The lowest BCUT2D eigenvalue weighted by molar-refractivity contribution is -0.227. The van der Waals surface area contributed by atoms with Crippen LogP contribution in [0.4, 0.5) is 4.79 Å². The number of aliphatic hydroxyl groups excluding tert-OH is 3. The van der Waals surface area contributed by atoms with Gasteiger partial charge in [0.05, 0.1) is 25.4 Å². The van der Waals surface area contributed by atoms with Gasteiger partial charge in [0.25, 0.3) is 0 Å². The van der Waals surface area contributed by atoms with Gasteiger partial charge in [-0.15, -0.1) is 6.58 Å². The summed E-state index contributed by atoms with van der Waals surface area (Å²) in [5.74, 6) is -0.776. The molecule has 0 spiro atoms. The summed E-state index contributed by atoms with van der Waals surface area (Å²) < 4.78 is 15.8. The number of carbonyl (C=O) groups is 2. The van der Waals surface area contributed by atoms with Gasteiger partial charge >= 0.3 is 12.1 Å². The first-order valence-corrected chi connectivity index (χ1v) is 9.01. The van der Waals surface area contributed by atoms with Crippen LogP contribution in [-0.4, -0.2) is 82.7 Å². The number of rotatable bonds is 7. The van der Waals surface area contributed by atoms with Crippen LogP contribution in [0.1, 0.15) is 33.6 Å². The molecule has 1 heterocycles. The van der Waals surface area contributed by atoms with Gasteiger partial charge in [0.15, 0.2) is 5.60 Å². The number of nitrogens with one attached hydrogen (secondary N) is 1. The number of esters is 1. The van der Waals surface area contributed by atoms with Gasteiger partial charge in [-0.2, -0.15) is 0 Å². The monoisotopic (exact) mass is 404 g/mol. The van der Waals surface area contributed by atoms with Crippen molar-refractivity contribution in [3.05, 3.63) is 12.7 Å². The number of amides is 1. The average Bonchev–Trinajstić information content (AvgIpc) is 2.60. The Morgan fingerprint density at radius 2 is 2.04 bits per heavy atom. The number of carbonyl (C=O) groups excluding carboxylic acids is 2. The van der Waals surface area contributed by atoms with Gasteiger partial charge in [0.2, 0.25) is 0 Å². The predicted octanol–water partition coefficient (Wildman–Crippen LogP) is -0.802. The number of nitrogens with two attached hydrogens (primary N) is 1. The van der Waals surface area contributed by atoms with Crippen molar-refractivity contribution >= 4 is 12.1 Å². The van der Waals surface area contributed by atoms with Gasteiger partial charge in [-0.05, 0) is 20.8 Å². The van der Waals surface area contributed by atoms with Gasteiger partial charge in [0, 0.05) is 19.4 Å². The zero-order valence-electron chi connectivity index (χ0n) is 16.8. The first-order valence-electron chi connectivity index (χ1n) is 9.01. The molecule has 10 nitrogen and oxygen atoms in total. The Morgan fingerprint density at radius 3 is 2.50 bits per heavy atom. The minimum Gasteiger partial charge on any atom is -0.467 e. The number of methoxy groups -OCH3 is 1. The van der Waals surface area contributed by atoms with Crippen molar-refractivity contribution in [2.24, 2.45) is 5.73 Å². The molecule has 1 aliphatic rings. The van der Waals surface area contributed by atoms with E-state index in [0.29, 0.717) is 0 Å². The molecule has 6 N–H and O–H groups in total. The van der Waals surface area contributed by atoms with Crippen LogP contribution in [0.15, 0.2) is 12.7 Å². The Kier molecular flexibility index (Phi) is 8.39. The Bertz CT molecular complexity index is 564. The lowest BCUT2D eigenvalue weighted by Gasteiger charge is -2.47. The molecular formula is C18H32N2O8. The van der Waals surface area contributed by atoms with Crippen LogP contribution in [0.5, 0.6) is 0 Å². The largest absolute Gasteiger partial charge is 0.467 e. The fraction of sp³-hybridized carbons (Fsp3) is 0.778. The average molecular weight is 404 g/mol. The second-order valence-electron chi connectivity index (χ2n) is 7.80. The first-order chi connectivity index (χ1) is 12.9. The number of hydrogen-bond acceptors (Lipinski definition) is 9. The molecule has 1 rings (SSSR count).